The number of carbonyl (C=O) groups is 1. The summed E-state index contributed by atoms with van der Waals surface area (Å²) in [6.07, 6.45) is -1.89. The van der Waals surface area contributed by atoms with Crippen LogP contribution in [0.3, 0.4) is 0 Å². The van der Waals surface area contributed by atoms with Crippen LogP contribution in [0.25, 0.3) is 0 Å². The molecule has 0 radical (unpaired) electrons. The zero-order valence-electron chi connectivity index (χ0n) is 11.0. The number of hydrogen-bond acceptors (Lipinski definition) is 6. The summed E-state index contributed by atoms with van der Waals surface area (Å²) in [6.45, 7) is 3.53. The molecule has 1 rings (SSSR count). The van der Waals surface area contributed by atoms with E-state index in [4.69, 9.17) is 9.47 Å². The molecule has 0 spiro atoms. The molecular formula is C12H22O6. The van der Waals surface area contributed by atoms with Crippen LogP contribution in [0.4, 0.5) is 0 Å². The molecule has 1 saturated heterocycles. The van der Waals surface area contributed by atoms with Crippen molar-refractivity contribution in [3.8, 4) is 0 Å². The number of carbonyl (C=O) groups excluding carboxylic acids is 1. The summed E-state index contributed by atoms with van der Waals surface area (Å²) >= 11 is 0. The van der Waals surface area contributed by atoms with E-state index in [1.165, 1.54) is 7.11 Å². The first-order chi connectivity index (χ1) is 8.43. The second-order valence-electron chi connectivity index (χ2n) is 4.64. The lowest BCUT2D eigenvalue weighted by atomic mass is 10.0. The van der Waals surface area contributed by atoms with E-state index in [2.05, 4.69) is 4.74 Å². The minimum Gasteiger partial charge on any atom is -0.469 e. The van der Waals surface area contributed by atoms with Gasteiger partial charge in [-0.25, -0.2) is 0 Å². The molecule has 2 N–H and O–H groups in total. The maximum atomic E-state index is 11.0. The van der Waals surface area contributed by atoms with Crippen LogP contribution < -0.4 is 0 Å². The van der Waals surface area contributed by atoms with Gasteiger partial charge in [0.15, 0.2) is 6.29 Å². The lowest BCUT2D eigenvalue weighted by Crippen LogP contribution is -2.48. The van der Waals surface area contributed by atoms with E-state index in [0.29, 0.717) is 6.42 Å². The van der Waals surface area contributed by atoms with Crippen LogP contribution in [0.5, 0.6) is 0 Å². The van der Waals surface area contributed by atoms with Gasteiger partial charge in [0.25, 0.3) is 0 Å². The van der Waals surface area contributed by atoms with Gasteiger partial charge in [0.2, 0.25) is 0 Å². The Bertz CT molecular complexity index is 269. The number of methoxy groups -OCH3 is 1. The predicted octanol–water partition coefficient (Wildman–Crippen LogP) is 0.201. The van der Waals surface area contributed by atoms with Gasteiger partial charge in [0.1, 0.15) is 6.10 Å². The highest BCUT2D eigenvalue weighted by Crippen LogP contribution is 2.22. The first-order valence-corrected chi connectivity index (χ1v) is 6.18. The van der Waals surface area contributed by atoms with Crippen molar-refractivity contribution in [2.45, 2.75) is 63.8 Å². The lowest BCUT2D eigenvalue weighted by molar-refractivity contribution is -0.273. The van der Waals surface area contributed by atoms with Crippen LogP contribution in [0.1, 0.15) is 33.1 Å². The van der Waals surface area contributed by atoms with Gasteiger partial charge in [-0.2, -0.15) is 0 Å². The molecule has 6 nitrogen and oxygen atoms in total. The summed E-state index contributed by atoms with van der Waals surface area (Å²) in [6, 6.07) is 0. The molecule has 18 heavy (non-hydrogen) atoms. The molecule has 0 aromatic heterocycles. The minimum atomic E-state index is -0.850. The number of esters is 1. The standard InChI is InChI=1S/C12H22O6/c1-7(4-5-11(15)16-3)17-12-10(14)6-9(13)8(2)18-12/h7-10,12-14H,4-6H2,1-3H3/t7-,8?,9-,10?,12-/m1/s1. The molecule has 1 aliphatic rings. The van der Waals surface area contributed by atoms with Crippen molar-refractivity contribution in [2.75, 3.05) is 7.11 Å². The highest BCUT2D eigenvalue weighted by atomic mass is 16.7. The molecule has 106 valence electrons. The SMILES string of the molecule is COC(=O)CC[C@@H](C)O[C@@H]1OC(C)[C@H](O)CC1O. The molecule has 1 aliphatic heterocycles. The summed E-state index contributed by atoms with van der Waals surface area (Å²) in [5.41, 5.74) is 0. The van der Waals surface area contributed by atoms with Gasteiger partial charge < -0.3 is 24.4 Å². The summed E-state index contributed by atoms with van der Waals surface area (Å²) in [4.78, 5) is 11.0. The Morgan fingerprint density at radius 2 is 2.11 bits per heavy atom. The molecule has 0 aromatic rings. The second-order valence-corrected chi connectivity index (χ2v) is 4.64. The van der Waals surface area contributed by atoms with E-state index < -0.39 is 18.5 Å². The Morgan fingerprint density at radius 3 is 2.72 bits per heavy atom. The van der Waals surface area contributed by atoms with Gasteiger partial charge in [-0.05, 0) is 20.3 Å². The first kappa shape index (κ1) is 15.4. The third-order valence-electron chi connectivity index (χ3n) is 3.04. The average molecular weight is 262 g/mol. The summed E-state index contributed by atoms with van der Waals surface area (Å²) in [5, 5.41) is 19.2. The molecule has 0 aromatic carbocycles. The van der Waals surface area contributed by atoms with Crippen molar-refractivity contribution < 1.29 is 29.2 Å². The van der Waals surface area contributed by atoms with E-state index in [1.807, 2.05) is 0 Å². The van der Waals surface area contributed by atoms with Crippen LogP contribution in [0.2, 0.25) is 0 Å². The van der Waals surface area contributed by atoms with Gasteiger partial charge in [0.05, 0.1) is 25.4 Å². The smallest absolute Gasteiger partial charge is 0.305 e. The summed E-state index contributed by atoms with van der Waals surface area (Å²) < 4.78 is 15.4. The van der Waals surface area contributed by atoms with Gasteiger partial charge >= 0.3 is 5.97 Å². The largest absolute Gasteiger partial charge is 0.469 e. The third kappa shape index (κ3) is 4.53. The minimum absolute atomic E-state index is 0.230. The van der Waals surface area contributed by atoms with Crippen molar-refractivity contribution in [1.29, 1.82) is 0 Å². The van der Waals surface area contributed by atoms with E-state index in [9.17, 15) is 15.0 Å². The summed E-state index contributed by atoms with van der Waals surface area (Å²) in [5.74, 6) is -0.292. The van der Waals surface area contributed by atoms with Crippen molar-refractivity contribution in [3.63, 3.8) is 0 Å². The Hall–Kier alpha value is -0.690. The van der Waals surface area contributed by atoms with E-state index in [0.717, 1.165) is 0 Å². The van der Waals surface area contributed by atoms with Crippen molar-refractivity contribution >= 4 is 5.97 Å². The molecule has 5 atom stereocenters. The quantitative estimate of drug-likeness (QED) is 0.689. The lowest BCUT2D eigenvalue weighted by Gasteiger charge is -2.36. The topological polar surface area (TPSA) is 85.2 Å². The van der Waals surface area contributed by atoms with Crippen LogP contribution in [-0.4, -0.2) is 54.0 Å². The number of aliphatic hydroxyl groups excluding tert-OH is 2. The number of ether oxygens (including phenoxy) is 3. The number of hydrogen-bond donors (Lipinski definition) is 2. The maximum Gasteiger partial charge on any atom is 0.305 e. The zero-order chi connectivity index (χ0) is 13.7. The fraction of sp³-hybridized carbons (Fsp3) is 0.917. The molecule has 0 bridgehead atoms. The molecule has 0 saturated carbocycles. The fourth-order valence-electron chi connectivity index (χ4n) is 1.79. The highest BCUT2D eigenvalue weighted by Gasteiger charge is 2.35. The Balaban J connectivity index is 2.34. The van der Waals surface area contributed by atoms with Gasteiger partial charge in [-0.3, -0.25) is 4.79 Å². The molecule has 0 aliphatic carbocycles. The number of aliphatic hydroxyl groups is 2. The van der Waals surface area contributed by atoms with Gasteiger partial charge in [0, 0.05) is 12.8 Å². The molecule has 2 unspecified atom stereocenters. The van der Waals surface area contributed by atoms with Crippen molar-refractivity contribution in [3.05, 3.63) is 0 Å². The highest BCUT2D eigenvalue weighted by molar-refractivity contribution is 5.69. The van der Waals surface area contributed by atoms with Gasteiger partial charge in [-0.15, -0.1) is 0 Å². The van der Waals surface area contributed by atoms with Crippen LogP contribution in [0, 0.1) is 0 Å². The normalized spacial score (nSPS) is 34.1. The van der Waals surface area contributed by atoms with Gasteiger partial charge in [-0.1, -0.05) is 0 Å². The van der Waals surface area contributed by atoms with Crippen molar-refractivity contribution in [2.24, 2.45) is 0 Å². The van der Waals surface area contributed by atoms with E-state index >= 15 is 0 Å². The molecular weight excluding hydrogens is 240 g/mol. The van der Waals surface area contributed by atoms with E-state index in [-0.39, 0.29) is 31.0 Å². The summed E-state index contributed by atoms with van der Waals surface area (Å²) in [7, 11) is 1.34. The molecule has 0 amide bonds. The van der Waals surface area contributed by atoms with Crippen LogP contribution in [0.15, 0.2) is 0 Å². The Morgan fingerprint density at radius 1 is 1.44 bits per heavy atom. The zero-order valence-corrected chi connectivity index (χ0v) is 11.0. The average Bonchev–Trinajstić information content (AvgIpc) is 2.33. The maximum absolute atomic E-state index is 11.0. The fourth-order valence-corrected chi connectivity index (χ4v) is 1.79. The van der Waals surface area contributed by atoms with Crippen LogP contribution in [-0.2, 0) is 19.0 Å². The third-order valence-corrected chi connectivity index (χ3v) is 3.04. The van der Waals surface area contributed by atoms with E-state index in [1.54, 1.807) is 13.8 Å². The Labute approximate surface area is 107 Å². The predicted molar refractivity (Wildman–Crippen MR) is 62.8 cm³/mol. The first-order valence-electron chi connectivity index (χ1n) is 6.18. The monoisotopic (exact) mass is 262 g/mol. The molecule has 1 fully saturated rings. The van der Waals surface area contributed by atoms with Crippen LogP contribution >= 0.6 is 0 Å². The molecule has 6 heteroatoms. The second kappa shape index (κ2) is 7.04. The number of rotatable bonds is 5. The molecule has 1 heterocycles. The Kier molecular flexibility index (Phi) is 6.01. The van der Waals surface area contributed by atoms with Crippen molar-refractivity contribution in [1.82, 2.24) is 0 Å².